The molecule has 0 spiro atoms. The highest BCUT2D eigenvalue weighted by Crippen LogP contribution is 2.16. The van der Waals surface area contributed by atoms with Gasteiger partial charge in [0, 0.05) is 6.54 Å². The number of nitrogens with zero attached hydrogens (tertiary/aromatic N) is 1. The molecule has 0 aromatic heterocycles. The SMILES string of the molecule is CCCNC(C)(CCN1CCCC1)C(=O)OCC. The highest BCUT2D eigenvalue weighted by Gasteiger charge is 2.34. The number of carbonyl (C=O) groups is 1. The lowest BCUT2D eigenvalue weighted by atomic mass is 9.97. The van der Waals surface area contributed by atoms with Gasteiger partial charge >= 0.3 is 5.97 Å². The van der Waals surface area contributed by atoms with Gasteiger partial charge in [-0.3, -0.25) is 4.79 Å². The Balaban J connectivity index is 2.49. The van der Waals surface area contributed by atoms with Crippen LogP contribution in [0.3, 0.4) is 0 Å². The van der Waals surface area contributed by atoms with Gasteiger partial charge < -0.3 is 15.0 Å². The van der Waals surface area contributed by atoms with Crippen molar-refractivity contribution in [2.75, 3.05) is 32.8 Å². The third-order valence-corrected chi connectivity index (χ3v) is 3.62. The third kappa shape index (κ3) is 4.58. The summed E-state index contributed by atoms with van der Waals surface area (Å²) in [6.45, 7) is 10.6. The standard InChI is InChI=1S/C14H28N2O2/c1-4-9-15-14(3,13(17)18-5-2)8-12-16-10-6-7-11-16/h15H,4-12H2,1-3H3. The van der Waals surface area contributed by atoms with Crippen molar-refractivity contribution in [1.29, 1.82) is 0 Å². The summed E-state index contributed by atoms with van der Waals surface area (Å²) in [5, 5.41) is 3.35. The zero-order valence-corrected chi connectivity index (χ0v) is 12.1. The molecule has 0 amide bonds. The molecule has 0 radical (unpaired) electrons. The molecule has 4 heteroatoms. The maximum atomic E-state index is 12.1. The molecule has 1 aliphatic heterocycles. The molecule has 0 aromatic carbocycles. The minimum absolute atomic E-state index is 0.113. The lowest BCUT2D eigenvalue weighted by Gasteiger charge is -2.30. The average molecular weight is 256 g/mol. The van der Waals surface area contributed by atoms with Crippen LogP contribution in [-0.4, -0.2) is 49.2 Å². The molecule has 1 atom stereocenters. The van der Waals surface area contributed by atoms with Crippen molar-refractivity contribution in [3.05, 3.63) is 0 Å². The number of nitrogens with one attached hydrogen (secondary N) is 1. The number of hydrogen-bond acceptors (Lipinski definition) is 4. The van der Waals surface area contributed by atoms with Gasteiger partial charge in [0.05, 0.1) is 6.61 Å². The number of esters is 1. The quantitative estimate of drug-likeness (QED) is 0.672. The van der Waals surface area contributed by atoms with E-state index in [1.54, 1.807) is 0 Å². The van der Waals surface area contributed by atoms with E-state index in [1.807, 2.05) is 13.8 Å². The van der Waals surface area contributed by atoms with Crippen molar-refractivity contribution in [2.24, 2.45) is 0 Å². The minimum Gasteiger partial charge on any atom is -0.465 e. The first-order valence-corrected chi connectivity index (χ1v) is 7.27. The van der Waals surface area contributed by atoms with Crippen LogP contribution in [0.1, 0.15) is 46.5 Å². The van der Waals surface area contributed by atoms with E-state index < -0.39 is 5.54 Å². The molecule has 106 valence electrons. The molecule has 18 heavy (non-hydrogen) atoms. The van der Waals surface area contributed by atoms with E-state index >= 15 is 0 Å². The van der Waals surface area contributed by atoms with E-state index in [0.717, 1.165) is 25.9 Å². The molecule has 1 unspecified atom stereocenters. The van der Waals surface area contributed by atoms with Crippen LogP contribution in [0.2, 0.25) is 0 Å². The zero-order valence-electron chi connectivity index (χ0n) is 12.1. The van der Waals surface area contributed by atoms with Gasteiger partial charge in [0.25, 0.3) is 0 Å². The summed E-state index contributed by atoms with van der Waals surface area (Å²) < 4.78 is 5.20. The van der Waals surface area contributed by atoms with Gasteiger partial charge in [0.1, 0.15) is 5.54 Å². The van der Waals surface area contributed by atoms with Crippen LogP contribution in [0.25, 0.3) is 0 Å². The van der Waals surface area contributed by atoms with Gasteiger partial charge in [-0.2, -0.15) is 0 Å². The zero-order chi connectivity index (χ0) is 13.4. The first-order valence-electron chi connectivity index (χ1n) is 7.27. The Bertz CT molecular complexity index is 252. The van der Waals surface area contributed by atoms with Crippen molar-refractivity contribution in [3.8, 4) is 0 Å². The van der Waals surface area contributed by atoms with Crippen LogP contribution in [0.4, 0.5) is 0 Å². The summed E-state index contributed by atoms with van der Waals surface area (Å²) >= 11 is 0. The van der Waals surface area contributed by atoms with E-state index in [4.69, 9.17) is 4.74 Å². The first kappa shape index (κ1) is 15.4. The van der Waals surface area contributed by atoms with Crippen LogP contribution in [-0.2, 0) is 9.53 Å². The second kappa shape index (κ2) is 7.74. The largest absolute Gasteiger partial charge is 0.465 e. The smallest absolute Gasteiger partial charge is 0.326 e. The van der Waals surface area contributed by atoms with Crippen LogP contribution >= 0.6 is 0 Å². The van der Waals surface area contributed by atoms with Gasteiger partial charge in [0.2, 0.25) is 0 Å². The predicted octanol–water partition coefficient (Wildman–Crippen LogP) is 1.79. The monoisotopic (exact) mass is 256 g/mol. The Labute approximate surface area is 111 Å². The topological polar surface area (TPSA) is 41.6 Å². The van der Waals surface area contributed by atoms with E-state index in [0.29, 0.717) is 6.61 Å². The second-order valence-electron chi connectivity index (χ2n) is 5.28. The molecule has 1 rings (SSSR count). The molecule has 1 fully saturated rings. The van der Waals surface area contributed by atoms with E-state index in [9.17, 15) is 4.79 Å². The van der Waals surface area contributed by atoms with E-state index in [-0.39, 0.29) is 5.97 Å². The van der Waals surface area contributed by atoms with Crippen molar-refractivity contribution in [3.63, 3.8) is 0 Å². The Kier molecular flexibility index (Phi) is 6.65. The van der Waals surface area contributed by atoms with Crippen LogP contribution in [0.15, 0.2) is 0 Å². The molecule has 4 nitrogen and oxygen atoms in total. The summed E-state index contributed by atoms with van der Waals surface area (Å²) in [5.41, 5.74) is -0.533. The predicted molar refractivity (Wildman–Crippen MR) is 73.6 cm³/mol. The Hall–Kier alpha value is -0.610. The lowest BCUT2D eigenvalue weighted by Crippen LogP contribution is -2.52. The summed E-state index contributed by atoms with van der Waals surface area (Å²) in [6.07, 6.45) is 4.43. The molecule has 1 aliphatic rings. The lowest BCUT2D eigenvalue weighted by molar-refractivity contribution is -0.151. The summed E-state index contributed by atoms with van der Waals surface area (Å²) in [7, 11) is 0. The Morgan fingerprint density at radius 1 is 1.33 bits per heavy atom. The molecule has 0 saturated carbocycles. The number of carbonyl (C=O) groups excluding carboxylic acids is 1. The van der Waals surface area contributed by atoms with Crippen molar-refractivity contribution < 1.29 is 9.53 Å². The molecule has 1 N–H and O–H groups in total. The number of likely N-dealkylation sites (tertiary alicyclic amines) is 1. The van der Waals surface area contributed by atoms with Crippen molar-refractivity contribution >= 4 is 5.97 Å². The molecular formula is C14H28N2O2. The normalized spacial score (nSPS) is 19.7. The minimum atomic E-state index is -0.533. The van der Waals surface area contributed by atoms with Gasteiger partial charge in [-0.25, -0.2) is 0 Å². The Morgan fingerprint density at radius 2 is 2.00 bits per heavy atom. The van der Waals surface area contributed by atoms with Crippen LogP contribution in [0.5, 0.6) is 0 Å². The van der Waals surface area contributed by atoms with Crippen molar-refractivity contribution in [1.82, 2.24) is 10.2 Å². The van der Waals surface area contributed by atoms with Gasteiger partial charge in [0.15, 0.2) is 0 Å². The highest BCUT2D eigenvalue weighted by atomic mass is 16.5. The molecule has 1 heterocycles. The number of ether oxygens (including phenoxy) is 1. The summed E-state index contributed by atoms with van der Waals surface area (Å²) in [6, 6.07) is 0. The second-order valence-corrected chi connectivity index (χ2v) is 5.28. The molecule has 0 aliphatic carbocycles. The fraction of sp³-hybridized carbons (Fsp3) is 0.929. The summed E-state index contributed by atoms with van der Waals surface area (Å²) in [5.74, 6) is -0.113. The average Bonchev–Trinajstić information content (AvgIpc) is 2.87. The van der Waals surface area contributed by atoms with Crippen LogP contribution < -0.4 is 5.32 Å². The maximum absolute atomic E-state index is 12.1. The maximum Gasteiger partial charge on any atom is 0.326 e. The number of hydrogen-bond donors (Lipinski definition) is 1. The molecular weight excluding hydrogens is 228 g/mol. The van der Waals surface area contributed by atoms with Crippen LogP contribution in [0, 0.1) is 0 Å². The third-order valence-electron chi connectivity index (χ3n) is 3.62. The Morgan fingerprint density at radius 3 is 2.56 bits per heavy atom. The van der Waals surface area contributed by atoms with Gasteiger partial charge in [-0.05, 0) is 59.2 Å². The molecule has 1 saturated heterocycles. The molecule has 0 aromatic rings. The first-order chi connectivity index (χ1) is 8.62. The fourth-order valence-electron chi connectivity index (χ4n) is 2.34. The van der Waals surface area contributed by atoms with Gasteiger partial charge in [-0.1, -0.05) is 6.92 Å². The van der Waals surface area contributed by atoms with E-state index in [1.165, 1.54) is 25.9 Å². The fourth-order valence-corrected chi connectivity index (χ4v) is 2.34. The summed E-state index contributed by atoms with van der Waals surface area (Å²) in [4.78, 5) is 14.5. The van der Waals surface area contributed by atoms with Gasteiger partial charge in [-0.15, -0.1) is 0 Å². The highest BCUT2D eigenvalue weighted by molar-refractivity contribution is 5.80. The number of rotatable bonds is 8. The van der Waals surface area contributed by atoms with Crippen molar-refractivity contribution in [2.45, 2.75) is 52.0 Å². The van der Waals surface area contributed by atoms with E-state index in [2.05, 4.69) is 17.1 Å². The molecule has 0 bridgehead atoms.